The van der Waals surface area contributed by atoms with E-state index >= 15 is 0 Å². The molecule has 1 aromatic carbocycles. The minimum Gasteiger partial charge on any atom is -0.461 e. The van der Waals surface area contributed by atoms with E-state index in [1.165, 1.54) is 0 Å². The molecule has 6 heteroatoms. The molecule has 1 fully saturated rings. The van der Waals surface area contributed by atoms with Crippen LogP contribution in [0.1, 0.15) is 32.3 Å². The molecule has 1 aliphatic carbocycles. The zero-order chi connectivity index (χ0) is 15.6. The number of nitrogens with zero attached hydrogens (tertiary/aromatic N) is 1. The third kappa shape index (κ3) is 3.17. The molecule has 0 amide bonds. The van der Waals surface area contributed by atoms with Crippen LogP contribution in [0.25, 0.3) is 0 Å². The average Bonchev–Trinajstić information content (AvgIpc) is 3.18. The van der Waals surface area contributed by atoms with Gasteiger partial charge in [-0.05, 0) is 56.6 Å². The number of ether oxygens (including phenoxy) is 1. The van der Waals surface area contributed by atoms with Gasteiger partial charge in [0.2, 0.25) is 0 Å². The van der Waals surface area contributed by atoms with Crippen molar-refractivity contribution in [3.8, 4) is 0 Å². The van der Waals surface area contributed by atoms with Crippen molar-refractivity contribution in [2.75, 3.05) is 0 Å². The summed E-state index contributed by atoms with van der Waals surface area (Å²) in [6.45, 7) is 3.39. The summed E-state index contributed by atoms with van der Waals surface area (Å²) < 4.78 is 32.3. The van der Waals surface area contributed by atoms with Crippen LogP contribution in [0.5, 0.6) is 0 Å². The molecule has 1 aromatic rings. The molecule has 0 aromatic heterocycles. The van der Waals surface area contributed by atoms with Crippen molar-refractivity contribution in [2.45, 2.75) is 38.3 Å². The summed E-state index contributed by atoms with van der Waals surface area (Å²) in [5, 5.41) is 2.18. The molecule has 0 saturated heterocycles. The van der Waals surface area contributed by atoms with E-state index in [0.29, 0.717) is 12.8 Å². The lowest BCUT2D eigenvalue weighted by Crippen LogP contribution is -2.39. The minimum absolute atomic E-state index is 0.116. The molecule has 1 atom stereocenters. The summed E-state index contributed by atoms with van der Waals surface area (Å²) in [4.78, 5) is 16.5. The van der Waals surface area contributed by atoms with Gasteiger partial charge >= 0.3 is 5.97 Å². The maximum atomic E-state index is 13.5. The maximum Gasteiger partial charge on any atom is 0.340 e. The van der Waals surface area contributed by atoms with Crippen LogP contribution in [0.15, 0.2) is 23.2 Å². The lowest BCUT2D eigenvalue weighted by atomic mass is 9.85. The maximum absolute atomic E-state index is 13.5. The predicted octanol–water partition coefficient (Wildman–Crippen LogP) is 3.62. The first-order valence-corrected chi connectivity index (χ1v) is 7.07. The van der Waals surface area contributed by atoms with E-state index in [9.17, 15) is 13.6 Å². The minimum atomic E-state index is -1.50. The standard InChI is InChI=1S/C15H15F2NO2S/c1-9(2)20-14(19)15(18-8-21,10-3-4-10)11-5-12(16)7-13(17)6-11/h5-7,9-10H,3-4H2,1-2H3. The highest BCUT2D eigenvalue weighted by atomic mass is 32.1. The number of rotatable bonds is 5. The normalized spacial score (nSPS) is 17.0. The van der Waals surface area contributed by atoms with Gasteiger partial charge in [0.1, 0.15) is 11.6 Å². The molecule has 0 bridgehead atoms. The van der Waals surface area contributed by atoms with Gasteiger partial charge in [0.05, 0.1) is 11.3 Å². The second-order valence-electron chi connectivity index (χ2n) is 5.36. The number of aliphatic imine (C=N–C) groups is 1. The first kappa shape index (κ1) is 15.7. The van der Waals surface area contributed by atoms with Crippen molar-refractivity contribution >= 4 is 23.3 Å². The first-order chi connectivity index (χ1) is 9.90. The van der Waals surface area contributed by atoms with Gasteiger partial charge in [-0.2, -0.15) is 0 Å². The van der Waals surface area contributed by atoms with Gasteiger partial charge in [-0.15, -0.1) is 0 Å². The van der Waals surface area contributed by atoms with Crippen molar-refractivity contribution < 1.29 is 18.3 Å². The largest absolute Gasteiger partial charge is 0.461 e. The molecule has 3 nitrogen and oxygen atoms in total. The Morgan fingerprint density at radius 2 is 1.95 bits per heavy atom. The van der Waals surface area contributed by atoms with E-state index in [-0.39, 0.29) is 17.6 Å². The fourth-order valence-electron chi connectivity index (χ4n) is 2.37. The number of benzene rings is 1. The third-order valence-electron chi connectivity index (χ3n) is 3.35. The van der Waals surface area contributed by atoms with E-state index in [1.54, 1.807) is 13.8 Å². The summed E-state index contributed by atoms with van der Waals surface area (Å²) in [6.07, 6.45) is 1.06. The fourth-order valence-corrected chi connectivity index (χ4v) is 2.52. The summed E-state index contributed by atoms with van der Waals surface area (Å²) in [5.74, 6) is -2.37. The van der Waals surface area contributed by atoms with Gasteiger partial charge < -0.3 is 4.74 Å². The number of hydrogen-bond donors (Lipinski definition) is 0. The molecular weight excluding hydrogens is 296 g/mol. The predicted molar refractivity (Wildman–Crippen MR) is 77.0 cm³/mol. The summed E-state index contributed by atoms with van der Waals surface area (Å²) in [7, 11) is 0. The van der Waals surface area contributed by atoms with Crippen molar-refractivity contribution in [2.24, 2.45) is 10.9 Å². The molecule has 2 rings (SSSR count). The zero-order valence-corrected chi connectivity index (χ0v) is 12.5. The summed E-state index contributed by atoms with van der Waals surface area (Å²) in [6, 6.07) is 2.94. The Morgan fingerprint density at radius 1 is 1.38 bits per heavy atom. The number of halogens is 2. The first-order valence-electron chi connectivity index (χ1n) is 6.67. The van der Waals surface area contributed by atoms with Crippen LogP contribution < -0.4 is 0 Å². The monoisotopic (exact) mass is 311 g/mol. The number of carbonyl (C=O) groups excluding carboxylic acids is 1. The SMILES string of the molecule is CC(C)OC(=O)C(N=C=S)(c1cc(F)cc(F)c1)C1CC1. The number of esters is 1. The van der Waals surface area contributed by atoms with E-state index < -0.39 is 23.1 Å². The zero-order valence-electron chi connectivity index (χ0n) is 11.7. The van der Waals surface area contributed by atoms with E-state index in [2.05, 4.69) is 22.4 Å². The highest BCUT2D eigenvalue weighted by molar-refractivity contribution is 7.78. The highest BCUT2D eigenvalue weighted by Crippen LogP contribution is 2.49. The lowest BCUT2D eigenvalue weighted by Gasteiger charge is -2.28. The van der Waals surface area contributed by atoms with Crippen molar-refractivity contribution in [3.63, 3.8) is 0 Å². The Balaban J connectivity index is 2.58. The van der Waals surface area contributed by atoms with Gasteiger partial charge in [0.25, 0.3) is 0 Å². The quantitative estimate of drug-likeness (QED) is 0.473. The molecule has 0 heterocycles. The molecule has 0 radical (unpaired) electrons. The Bertz CT molecular complexity index is 589. The molecular formula is C15H15F2NO2S. The van der Waals surface area contributed by atoms with Crippen LogP contribution >= 0.6 is 12.2 Å². The van der Waals surface area contributed by atoms with Gasteiger partial charge in [-0.3, -0.25) is 0 Å². The molecule has 0 spiro atoms. The van der Waals surface area contributed by atoms with E-state index in [1.807, 2.05) is 0 Å². The Morgan fingerprint density at radius 3 is 2.38 bits per heavy atom. The molecule has 1 unspecified atom stereocenters. The number of thiocarbonyl (C=S) groups is 1. The molecule has 112 valence electrons. The topological polar surface area (TPSA) is 38.7 Å². The van der Waals surface area contributed by atoms with Crippen LogP contribution in [0.3, 0.4) is 0 Å². The van der Waals surface area contributed by atoms with E-state index in [4.69, 9.17) is 4.74 Å². The Hall–Kier alpha value is -1.65. The van der Waals surface area contributed by atoms with Crippen LogP contribution in [0, 0.1) is 17.6 Å². The van der Waals surface area contributed by atoms with Crippen LogP contribution in [-0.4, -0.2) is 17.2 Å². The smallest absolute Gasteiger partial charge is 0.340 e. The summed E-state index contributed by atoms with van der Waals surface area (Å²) >= 11 is 4.63. The van der Waals surface area contributed by atoms with E-state index in [0.717, 1.165) is 18.2 Å². The van der Waals surface area contributed by atoms with Crippen LogP contribution in [0.4, 0.5) is 8.78 Å². The lowest BCUT2D eigenvalue weighted by molar-refractivity contribution is -0.155. The molecule has 1 aliphatic rings. The Kier molecular flexibility index (Phi) is 4.49. The molecule has 0 aliphatic heterocycles. The fraction of sp³-hybridized carbons (Fsp3) is 0.467. The number of carbonyl (C=O) groups is 1. The molecule has 21 heavy (non-hydrogen) atoms. The van der Waals surface area contributed by atoms with Crippen molar-refractivity contribution in [1.82, 2.24) is 0 Å². The van der Waals surface area contributed by atoms with Crippen LogP contribution in [-0.2, 0) is 15.1 Å². The summed E-state index contributed by atoms with van der Waals surface area (Å²) in [5.41, 5.74) is -1.39. The second-order valence-corrected chi connectivity index (χ2v) is 5.54. The van der Waals surface area contributed by atoms with Gasteiger partial charge in [0, 0.05) is 12.0 Å². The van der Waals surface area contributed by atoms with Gasteiger partial charge in [0.15, 0.2) is 5.54 Å². The molecule has 1 saturated carbocycles. The van der Waals surface area contributed by atoms with Gasteiger partial charge in [-0.1, -0.05) is 0 Å². The van der Waals surface area contributed by atoms with Gasteiger partial charge in [-0.25, -0.2) is 18.6 Å². The highest BCUT2D eigenvalue weighted by Gasteiger charge is 2.54. The molecule has 0 N–H and O–H groups in total. The Labute approximate surface area is 127 Å². The third-order valence-corrected chi connectivity index (χ3v) is 3.44. The number of hydrogen-bond acceptors (Lipinski definition) is 4. The van der Waals surface area contributed by atoms with Crippen LogP contribution in [0.2, 0.25) is 0 Å². The average molecular weight is 311 g/mol. The van der Waals surface area contributed by atoms with Crippen molar-refractivity contribution in [3.05, 3.63) is 35.4 Å². The van der Waals surface area contributed by atoms with Crippen molar-refractivity contribution in [1.29, 1.82) is 0 Å². The number of isothiocyanates is 1. The second kappa shape index (κ2) is 6.00.